The van der Waals surface area contributed by atoms with Crippen molar-refractivity contribution in [3.8, 4) is 0 Å². The molecular weight excluding hydrogens is 321 g/mol. The first-order valence-corrected chi connectivity index (χ1v) is 9.19. The first kappa shape index (κ1) is 19.2. The number of carbonyl (C=O) groups is 2. The quantitative estimate of drug-likeness (QED) is 0.632. The van der Waals surface area contributed by atoms with Gasteiger partial charge in [0.05, 0.1) is 0 Å². The molecule has 0 radical (unpaired) electrons. The van der Waals surface area contributed by atoms with Crippen molar-refractivity contribution in [2.75, 3.05) is 13.1 Å². The fourth-order valence-corrected chi connectivity index (χ4v) is 3.06. The second-order valence-electron chi connectivity index (χ2n) is 6.53. The van der Waals surface area contributed by atoms with E-state index in [2.05, 4.69) is 16.0 Å². The number of urea groups is 1. The van der Waals surface area contributed by atoms with Gasteiger partial charge in [0.1, 0.15) is 5.82 Å². The van der Waals surface area contributed by atoms with E-state index in [1.54, 1.807) is 18.2 Å². The number of hydrogen-bond donors (Lipinski definition) is 3. The molecule has 25 heavy (non-hydrogen) atoms. The lowest BCUT2D eigenvalue weighted by atomic mass is 9.96. The van der Waals surface area contributed by atoms with Crippen molar-refractivity contribution in [2.45, 2.75) is 57.4 Å². The lowest BCUT2D eigenvalue weighted by molar-refractivity contribution is -0.121. The summed E-state index contributed by atoms with van der Waals surface area (Å²) in [6.45, 7) is 0.884. The van der Waals surface area contributed by atoms with Gasteiger partial charge in [0.25, 0.3) is 0 Å². The molecule has 138 valence electrons. The number of carbonyl (C=O) groups excluding carboxylic acids is 2. The molecule has 1 fully saturated rings. The largest absolute Gasteiger partial charge is 0.356 e. The molecule has 6 heteroatoms. The van der Waals surface area contributed by atoms with Gasteiger partial charge in [0, 0.05) is 25.6 Å². The van der Waals surface area contributed by atoms with E-state index in [0.29, 0.717) is 37.9 Å². The minimum Gasteiger partial charge on any atom is -0.356 e. The van der Waals surface area contributed by atoms with E-state index in [0.717, 1.165) is 12.8 Å². The highest BCUT2D eigenvalue weighted by Crippen LogP contribution is 2.17. The van der Waals surface area contributed by atoms with Crippen LogP contribution in [0.2, 0.25) is 0 Å². The van der Waals surface area contributed by atoms with Crippen molar-refractivity contribution in [3.05, 3.63) is 35.6 Å². The Labute approximate surface area is 148 Å². The third-order valence-electron chi connectivity index (χ3n) is 4.48. The Morgan fingerprint density at radius 2 is 1.80 bits per heavy atom. The van der Waals surface area contributed by atoms with Gasteiger partial charge in [-0.15, -0.1) is 0 Å². The zero-order chi connectivity index (χ0) is 17.9. The third-order valence-corrected chi connectivity index (χ3v) is 4.48. The van der Waals surface area contributed by atoms with E-state index in [1.807, 2.05) is 0 Å². The highest BCUT2D eigenvalue weighted by molar-refractivity contribution is 5.76. The summed E-state index contributed by atoms with van der Waals surface area (Å²) in [7, 11) is 0. The lowest BCUT2D eigenvalue weighted by Gasteiger charge is -2.22. The molecule has 3 amide bonds. The number of rotatable bonds is 8. The van der Waals surface area contributed by atoms with Gasteiger partial charge < -0.3 is 16.0 Å². The van der Waals surface area contributed by atoms with Gasteiger partial charge in [-0.2, -0.15) is 0 Å². The number of hydrogen-bond acceptors (Lipinski definition) is 2. The number of halogens is 1. The Hall–Kier alpha value is -2.11. The van der Waals surface area contributed by atoms with Gasteiger partial charge in [-0.3, -0.25) is 4.79 Å². The molecule has 0 aliphatic heterocycles. The van der Waals surface area contributed by atoms with Crippen molar-refractivity contribution in [3.63, 3.8) is 0 Å². The van der Waals surface area contributed by atoms with E-state index in [-0.39, 0.29) is 23.8 Å². The van der Waals surface area contributed by atoms with E-state index < -0.39 is 0 Å². The van der Waals surface area contributed by atoms with Crippen LogP contribution in [0.4, 0.5) is 9.18 Å². The van der Waals surface area contributed by atoms with Crippen LogP contribution in [0.25, 0.3) is 0 Å². The monoisotopic (exact) mass is 349 g/mol. The maximum Gasteiger partial charge on any atom is 0.315 e. The molecule has 0 saturated heterocycles. The minimum atomic E-state index is -0.245. The van der Waals surface area contributed by atoms with E-state index in [9.17, 15) is 14.0 Å². The maximum atomic E-state index is 13.4. The summed E-state index contributed by atoms with van der Waals surface area (Å²) in [5.74, 6) is -0.323. The Balaban J connectivity index is 1.50. The van der Waals surface area contributed by atoms with Crippen molar-refractivity contribution >= 4 is 11.9 Å². The number of benzene rings is 1. The summed E-state index contributed by atoms with van der Waals surface area (Å²) in [4.78, 5) is 23.5. The first-order valence-electron chi connectivity index (χ1n) is 9.19. The van der Waals surface area contributed by atoms with Gasteiger partial charge in [0.15, 0.2) is 0 Å². The molecule has 1 aromatic carbocycles. The van der Waals surface area contributed by atoms with Crippen LogP contribution in [0.3, 0.4) is 0 Å². The topological polar surface area (TPSA) is 70.2 Å². The molecule has 0 heterocycles. The predicted molar refractivity (Wildman–Crippen MR) is 95.8 cm³/mol. The molecule has 1 aromatic rings. The van der Waals surface area contributed by atoms with Crippen LogP contribution >= 0.6 is 0 Å². The average Bonchev–Trinajstić information content (AvgIpc) is 2.61. The molecule has 0 aromatic heterocycles. The fourth-order valence-electron chi connectivity index (χ4n) is 3.06. The molecule has 2 rings (SSSR count). The zero-order valence-corrected chi connectivity index (χ0v) is 14.7. The lowest BCUT2D eigenvalue weighted by Crippen LogP contribution is -2.43. The molecule has 1 aliphatic carbocycles. The highest BCUT2D eigenvalue weighted by atomic mass is 19.1. The Bertz CT molecular complexity index is 559. The van der Waals surface area contributed by atoms with Gasteiger partial charge in [0.2, 0.25) is 5.91 Å². The van der Waals surface area contributed by atoms with Crippen molar-refractivity contribution < 1.29 is 14.0 Å². The summed E-state index contributed by atoms with van der Waals surface area (Å²) >= 11 is 0. The number of nitrogens with one attached hydrogen (secondary N) is 3. The van der Waals surface area contributed by atoms with Gasteiger partial charge in [-0.25, -0.2) is 9.18 Å². The molecule has 0 atom stereocenters. The van der Waals surface area contributed by atoms with Crippen LogP contribution in [-0.2, 0) is 11.2 Å². The standard InChI is InChI=1S/C19H28FN3O2/c20-17-10-5-4-7-15(17)12-14-21-18(24)11-6-13-22-19(25)23-16-8-2-1-3-9-16/h4-5,7,10,16H,1-3,6,8-9,11-14H2,(H,21,24)(H2,22,23,25). The van der Waals surface area contributed by atoms with Crippen LogP contribution in [0.1, 0.15) is 50.5 Å². The smallest absolute Gasteiger partial charge is 0.315 e. The van der Waals surface area contributed by atoms with Crippen LogP contribution in [0.5, 0.6) is 0 Å². The third kappa shape index (κ3) is 7.54. The molecular formula is C19H28FN3O2. The predicted octanol–water partition coefficient (Wildman–Crippen LogP) is 2.90. The van der Waals surface area contributed by atoms with Gasteiger partial charge in [-0.1, -0.05) is 37.5 Å². The summed E-state index contributed by atoms with van der Waals surface area (Å²) in [5, 5.41) is 8.55. The van der Waals surface area contributed by atoms with E-state index >= 15 is 0 Å². The van der Waals surface area contributed by atoms with E-state index in [1.165, 1.54) is 25.3 Å². The highest BCUT2D eigenvalue weighted by Gasteiger charge is 2.15. The SMILES string of the molecule is O=C(CCCNC(=O)NC1CCCCC1)NCCc1ccccc1F. The van der Waals surface area contributed by atoms with Crippen LogP contribution in [0.15, 0.2) is 24.3 Å². The van der Waals surface area contributed by atoms with Crippen LogP contribution in [-0.4, -0.2) is 31.1 Å². The summed E-state index contributed by atoms with van der Waals surface area (Å²) in [6, 6.07) is 6.71. The maximum absolute atomic E-state index is 13.4. The average molecular weight is 349 g/mol. The van der Waals surface area contributed by atoms with E-state index in [4.69, 9.17) is 0 Å². The van der Waals surface area contributed by atoms with Crippen LogP contribution in [0, 0.1) is 5.82 Å². The number of amides is 3. The van der Waals surface area contributed by atoms with Gasteiger partial charge >= 0.3 is 6.03 Å². The molecule has 1 aliphatic rings. The molecule has 0 bridgehead atoms. The fraction of sp³-hybridized carbons (Fsp3) is 0.579. The van der Waals surface area contributed by atoms with Crippen molar-refractivity contribution in [2.24, 2.45) is 0 Å². The normalized spacial score (nSPS) is 14.8. The zero-order valence-electron chi connectivity index (χ0n) is 14.7. The molecule has 3 N–H and O–H groups in total. The van der Waals surface area contributed by atoms with Gasteiger partial charge in [-0.05, 0) is 37.3 Å². The molecule has 5 nitrogen and oxygen atoms in total. The Kier molecular flexibility index (Phi) is 8.22. The summed E-state index contributed by atoms with van der Waals surface area (Å²) in [5.41, 5.74) is 0.601. The van der Waals surface area contributed by atoms with Crippen molar-refractivity contribution in [1.82, 2.24) is 16.0 Å². The molecule has 0 spiro atoms. The second kappa shape index (κ2) is 10.7. The van der Waals surface area contributed by atoms with Crippen molar-refractivity contribution in [1.29, 1.82) is 0 Å². The Morgan fingerprint density at radius 3 is 2.56 bits per heavy atom. The van der Waals surface area contributed by atoms with Crippen LogP contribution < -0.4 is 16.0 Å². The summed E-state index contributed by atoms with van der Waals surface area (Å²) in [6.07, 6.45) is 7.13. The summed E-state index contributed by atoms with van der Waals surface area (Å²) < 4.78 is 13.4. The Morgan fingerprint density at radius 1 is 1.04 bits per heavy atom. The second-order valence-corrected chi connectivity index (χ2v) is 6.53. The minimum absolute atomic E-state index is 0.0779. The first-order chi connectivity index (χ1) is 12.1. The molecule has 1 saturated carbocycles. The molecule has 0 unspecified atom stereocenters.